The lowest BCUT2D eigenvalue weighted by Gasteiger charge is -2.10. The summed E-state index contributed by atoms with van der Waals surface area (Å²) in [6.07, 6.45) is 0. The van der Waals surface area contributed by atoms with Crippen LogP contribution in [0.15, 0.2) is 127 Å². The zero-order valence-electron chi connectivity index (χ0n) is 21.9. The molecule has 0 aliphatic carbocycles. The molecule has 0 saturated heterocycles. The maximum absolute atomic E-state index is 2.45. The van der Waals surface area contributed by atoms with Crippen molar-refractivity contribution in [2.24, 2.45) is 0 Å². The van der Waals surface area contributed by atoms with Crippen molar-refractivity contribution < 1.29 is 0 Å². The molecule has 40 heavy (non-hydrogen) atoms. The number of fused-ring (bicyclic) bond motifs is 10. The molecule has 9 rings (SSSR count). The van der Waals surface area contributed by atoms with E-state index in [0.29, 0.717) is 0 Å². The number of benzene rings is 6. The second kappa shape index (κ2) is 8.08. The zero-order chi connectivity index (χ0) is 26.4. The summed E-state index contributed by atoms with van der Waals surface area (Å²) in [5, 5.41) is 7.79. The summed E-state index contributed by atoms with van der Waals surface area (Å²) in [7, 11) is 0. The van der Waals surface area contributed by atoms with Crippen LogP contribution in [0.4, 0.5) is 0 Å². The van der Waals surface area contributed by atoms with Crippen LogP contribution < -0.4 is 0 Å². The van der Waals surface area contributed by atoms with Gasteiger partial charge >= 0.3 is 0 Å². The average molecular weight is 529 g/mol. The minimum absolute atomic E-state index is 1.18. The lowest BCUT2D eigenvalue weighted by Crippen LogP contribution is -1.95. The molecular weight excluding hydrogens is 504 g/mol. The van der Waals surface area contributed by atoms with Crippen LogP contribution in [0.5, 0.6) is 0 Å². The summed E-state index contributed by atoms with van der Waals surface area (Å²) in [6, 6.07) is 46.8. The fraction of sp³-hybridized carbons (Fsp3) is 0.0270. The average Bonchev–Trinajstić information content (AvgIpc) is 3.64. The van der Waals surface area contributed by atoms with Gasteiger partial charge in [-0.2, -0.15) is 0 Å². The summed E-state index contributed by atoms with van der Waals surface area (Å²) in [5.41, 5.74) is 8.62. The van der Waals surface area contributed by atoms with Gasteiger partial charge in [-0.3, -0.25) is 0 Å². The minimum Gasteiger partial charge on any atom is -0.309 e. The van der Waals surface area contributed by atoms with Crippen LogP contribution in [-0.4, -0.2) is 9.13 Å². The summed E-state index contributed by atoms with van der Waals surface area (Å²) in [6.45, 7) is 2.18. The first-order valence-corrected chi connectivity index (χ1v) is 14.5. The number of nitrogens with zero attached hydrogens (tertiary/aromatic N) is 2. The number of hydrogen-bond acceptors (Lipinski definition) is 1. The Morgan fingerprint density at radius 1 is 0.450 bits per heavy atom. The first kappa shape index (κ1) is 22.0. The number of thiophene rings is 1. The van der Waals surface area contributed by atoms with Gasteiger partial charge in [-0.15, -0.1) is 11.3 Å². The van der Waals surface area contributed by atoms with Crippen LogP contribution >= 0.6 is 11.3 Å². The Morgan fingerprint density at radius 3 is 1.95 bits per heavy atom. The second-order valence-electron chi connectivity index (χ2n) is 10.7. The van der Waals surface area contributed by atoms with Crippen LogP contribution in [0.2, 0.25) is 0 Å². The first-order chi connectivity index (χ1) is 19.8. The highest BCUT2D eigenvalue weighted by atomic mass is 32.1. The van der Waals surface area contributed by atoms with E-state index in [1.807, 2.05) is 11.3 Å². The van der Waals surface area contributed by atoms with Crippen molar-refractivity contribution in [3.8, 4) is 11.4 Å². The van der Waals surface area contributed by atoms with E-state index in [1.165, 1.54) is 80.7 Å². The normalized spacial score (nSPS) is 12.1. The Labute approximate surface area is 234 Å². The number of hydrogen-bond donors (Lipinski definition) is 0. The molecule has 0 aliphatic heterocycles. The van der Waals surface area contributed by atoms with Gasteiger partial charge in [0.2, 0.25) is 0 Å². The third kappa shape index (κ3) is 2.93. The summed E-state index contributed by atoms with van der Waals surface area (Å²) >= 11 is 1.87. The highest BCUT2D eigenvalue weighted by Crippen LogP contribution is 2.43. The number of aryl methyl sites for hydroxylation is 1. The van der Waals surface area contributed by atoms with E-state index in [2.05, 4.69) is 143 Å². The molecule has 3 aromatic heterocycles. The molecule has 0 amide bonds. The van der Waals surface area contributed by atoms with Gasteiger partial charge in [-0.1, -0.05) is 72.3 Å². The molecule has 0 fully saturated rings. The van der Waals surface area contributed by atoms with Crippen molar-refractivity contribution in [1.82, 2.24) is 9.13 Å². The molecule has 0 bridgehead atoms. The molecule has 0 N–H and O–H groups in total. The summed E-state index contributed by atoms with van der Waals surface area (Å²) in [4.78, 5) is 0. The Morgan fingerprint density at radius 2 is 1.12 bits per heavy atom. The fourth-order valence-electron chi connectivity index (χ4n) is 6.65. The topological polar surface area (TPSA) is 9.86 Å². The van der Waals surface area contributed by atoms with Crippen LogP contribution in [0.3, 0.4) is 0 Å². The van der Waals surface area contributed by atoms with Gasteiger partial charge < -0.3 is 9.13 Å². The monoisotopic (exact) mass is 528 g/mol. The predicted octanol–water partition coefficient (Wildman–Crippen LogP) is 10.6. The molecule has 0 aliphatic rings. The molecule has 2 nitrogen and oxygen atoms in total. The van der Waals surface area contributed by atoms with E-state index >= 15 is 0 Å². The minimum atomic E-state index is 1.18. The van der Waals surface area contributed by atoms with E-state index in [-0.39, 0.29) is 0 Å². The van der Waals surface area contributed by atoms with Crippen LogP contribution in [-0.2, 0) is 0 Å². The van der Waals surface area contributed by atoms with Crippen molar-refractivity contribution in [2.75, 3.05) is 0 Å². The van der Waals surface area contributed by atoms with Crippen molar-refractivity contribution in [1.29, 1.82) is 0 Å². The molecule has 0 radical (unpaired) electrons. The van der Waals surface area contributed by atoms with Crippen molar-refractivity contribution >= 4 is 75.1 Å². The van der Waals surface area contributed by atoms with E-state index in [4.69, 9.17) is 0 Å². The highest BCUT2D eigenvalue weighted by Gasteiger charge is 2.20. The lowest BCUT2D eigenvalue weighted by molar-refractivity contribution is 1.18. The molecule has 0 unspecified atom stereocenters. The van der Waals surface area contributed by atoms with Gasteiger partial charge in [0, 0.05) is 53.1 Å². The zero-order valence-corrected chi connectivity index (χ0v) is 22.7. The largest absolute Gasteiger partial charge is 0.309 e. The summed E-state index contributed by atoms with van der Waals surface area (Å²) < 4.78 is 7.57. The highest BCUT2D eigenvalue weighted by molar-refractivity contribution is 7.25. The lowest BCUT2D eigenvalue weighted by atomic mass is 10.1. The standard InChI is InChI=1S/C37H24N2S/c1-23-15-19-34-29(21-23)30-22-25(16-20-35(30)40-34)38-32-14-8-6-12-28(32)36-33(38)18-17-27-26-11-5-7-13-31(26)39(37(27)36)24-9-3-2-4-10-24/h2-22H,1H3. The molecule has 0 spiro atoms. The Kier molecular flexibility index (Phi) is 4.44. The second-order valence-corrected chi connectivity index (χ2v) is 11.8. The Hall–Kier alpha value is -4.86. The van der Waals surface area contributed by atoms with Gasteiger partial charge in [-0.25, -0.2) is 0 Å². The van der Waals surface area contributed by atoms with Gasteiger partial charge in [0.05, 0.1) is 22.1 Å². The van der Waals surface area contributed by atoms with E-state index < -0.39 is 0 Å². The first-order valence-electron chi connectivity index (χ1n) is 13.7. The molecular formula is C37H24N2S. The molecule has 0 saturated carbocycles. The van der Waals surface area contributed by atoms with Gasteiger partial charge in [0.1, 0.15) is 0 Å². The Balaban J connectivity index is 1.46. The van der Waals surface area contributed by atoms with Crippen LogP contribution in [0, 0.1) is 6.92 Å². The fourth-order valence-corrected chi connectivity index (χ4v) is 7.72. The van der Waals surface area contributed by atoms with Gasteiger partial charge in [0.15, 0.2) is 0 Å². The number of para-hydroxylation sites is 3. The van der Waals surface area contributed by atoms with Gasteiger partial charge in [0.25, 0.3) is 0 Å². The quantitative estimate of drug-likeness (QED) is 0.211. The van der Waals surface area contributed by atoms with Gasteiger partial charge in [-0.05, 0) is 67.6 Å². The third-order valence-electron chi connectivity index (χ3n) is 8.35. The number of aromatic nitrogens is 2. The van der Waals surface area contributed by atoms with Crippen LogP contribution in [0.1, 0.15) is 5.56 Å². The molecule has 3 heteroatoms. The maximum Gasteiger partial charge on any atom is 0.0641 e. The van der Waals surface area contributed by atoms with Crippen molar-refractivity contribution in [3.63, 3.8) is 0 Å². The molecule has 3 heterocycles. The van der Waals surface area contributed by atoms with E-state index in [0.717, 1.165) is 0 Å². The molecule has 0 atom stereocenters. The van der Waals surface area contributed by atoms with E-state index in [9.17, 15) is 0 Å². The Bertz CT molecular complexity index is 2440. The summed E-state index contributed by atoms with van der Waals surface area (Å²) in [5.74, 6) is 0. The molecule has 188 valence electrons. The predicted molar refractivity (Wildman–Crippen MR) is 173 cm³/mol. The van der Waals surface area contributed by atoms with Crippen molar-refractivity contribution in [3.05, 3.63) is 133 Å². The number of rotatable bonds is 2. The molecule has 6 aromatic carbocycles. The molecule has 9 aromatic rings. The maximum atomic E-state index is 2.45. The van der Waals surface area contributed by atoms with E-state index in [1.54, 1.807) is 0 Å². The third-order valence-corrected chi connectivity index (χ3v) is 9.50. The SMILES string of the molecule is Cc1ccc2sc3ccc(-n4c5ccccc5c5c4ccc4c6ccccc6n(-c6ccccc6)c45)cc3c2c1. The smallest absolute Gasteiger partial charge is 0.0641 e. The van der Waals surface area contributed by atoms with Crippen molar-refractivity contribution in [2.45, 2.75) is 6.92 Å². The van der Waals surface area contributed by atoms with Crippen LogP contribution in [0.25, 0.3) is 75.2 Å².